The summed E-state index contributed by atoms with van der Waals surface area (Å²) in [6, 6.07) is 3.94. The molecule has 0 amide bonds. The van der Waals surface area contributed by atoms with Gasteiger partial charge >= 0.3 is 11.9 Å². The van der Waals surface area contributed by atoms with E-state index in [4.69, 9.17) is 16.3 Å². The second-order valence-electron chi connectivity index (χ2n) is 9.81. The molecule has 1 aliphatic carbocycles. The van der Waals surface area contributed by atoms with Crippen molar-refractivity contribution in [1.82, 2.24) is 24.8 Å². The fourth-order valence-corrected chi connectivity index (χ4v) is 5.55. The van der Waals surface area contributed by atoms with Gasteiger partial charge in [0.15, 0.2) is 17.5 Å². The van der Waals surface area contributed by atoms with Crippen molar-refractivity contribution in [2.75, 3.05) is 56.4 Å². The number of nitrogens with one attached hydrogen (secondary N) is 2. The Bertz CT molecular complexity index is 1610. The van der Waals surface area contributed by atoms with E-state index in [1.54, 1.807) is 14.1 Å². The van der Waals surface area contributed by atoms with E-state index in [9.17, 15) is 31.7 Å². The molecular weight excluding hydrogens is 619 g/mol. The summed E-state index contributed by atoms with van der Waals surface area (Å²) in [7, 11) is 1.38. The smallest absolute Gasteiger partial charge is 0.422 e. The van der Waals surface area contributed by atoms with Gasteiger partial charge in [-0.05, 0) is 39.1 Å². The number of hydrogen-bond donors (Lipinski definition) is 2. The minimum atomic E-state index is -4.73. The first-order valence-electron chi connectivity index (χ1n) is 12.7. The Hall–Kier alpha value is -4.03. The van der Waals surface area contributed by atoms with E-state index < -0.39 is 44.4 Å². The maximum Gasteiger partial charge on any atom is 0.422 e. The molecule has 19 heteroatoms. The predicted octanol–water partition coefficient (Wildman–Crippen LogP) is 4.19. The van der Waals surface area contributed by atoms with Crippen LogP contribution in [-0.2, 0) is 9.84 Å². The van der Waals surface area contributed by atoms with E-state index in [2.05, 4.69) is 30.6 Å². The number of nitrogens with zero attached hydrogens (tertiary/aromatic N) is 7. The van der Waals surface area contributed by atoms with Crippen LogP contribution in [0.15, 0.2) is 35.6 Å². The number of rotatable bonds is 13. The minimum Gasteiger partial charge on any atom is -0.466 e. The monoisotopic (exact) mass is 645 g/mol. The highest BCUT2D eigenvalue weighted by atomic mass is 35.5. The van der Waals surface area contributed by atoms with Crippen molar-refractivity contribution in [2.45, 2.75) is 29.3 Å². The summed E-state index contributed by atoms with van der Waals surface area (Å²) in [5, 5.41) is 16.6. The molecule has 3 aromatic rings. The highest BCUT2D eigenvalue weighted by molar-refractivity contribution is 7.92. The van der Waals surface area contributed by atoms with Crippen LogP contribution in [0.1, 0.15) is 12.8 Å². The van der Waals surface area contributed by atoms with Crippen LogP contribution in [0.4, 0.5) is 47.8 Å². The maximum atomic E-state index is 13.1. The molecular formula is C24H27ClF3N9O5S. The number of hydrogen-bond acceptors (Lipinski definition) is 13. The third-order valence-corrected chi connectivity index (χ3v) is 8.50. The van der Waals surface area contributed by atoms with Gasteiger partial charge in [-0.2, -0.15) is 23.1 Å². The molecule has 0 bridgehead atoms. The van der Waals surface area contributed by atoms with E-state index in [-0.39, 0.29) is 45.6 Å². The number of halogens is 4. The van der Waals surface area contributed by atoms with Crippen LogP contribution in [0.5, 0.6) is 5.88 Å². The van der Waals surface area contributed by atoms with Gasteiger partial charge in [-0.3, -0.25) is 10.1 Å². The number of ether oxygens (including phenoxy) is 1. The first-order valence-corrected chi connectivity index (χ1v) is 14.6. The molecule has 3 aromatic heterocycles. The summed E-state index contributed by atoms with van der Waals surface area (Å²) < 4.78 is 69.8. The standard InChI is InChI=1S/C24H27ClF3N9O5S/c1-35(2)9-10-36(3)20-18(37(38)39)11-17(21(34-20)42-13-24(26,27)28)32-23-30-12-15(25)19(33-23)31-16-5-4-8-29-22(16)43(40,41)14-6-7-14/h4-5,8,11-12,14H,6-7,9-10,13H2,1-3H3,(H2,30,31,32,33). The number of alkyl halides is 3. The summed E-state index contributed by atoms with van der Waals surface area (Å²) in [5.74, 6) is -1.13. The number of likely N-dealkylation sites (N-methyl/N-ethyl adjacent to an activating group) is 2. The summed E-state index contributed by atoms with van der Waals surface area (Å²) in [4.78, 5) is 30.7. The zero-order chi connectivity index (χ0) is 31.5. The third-order valence-electron chi connectivity index (χ3n) is 6.01. The quantitative estimate of drug-likeness (QED) is 0.201. The van der Waals surface area contributed by atoms with Crippen molar-refractivity contribution in [3.63, 3.8) is 0 Å². The minimum absolute atomic E-state index is 0.0281. The highest BCUT2D eigenvalue weighted by Crippen LogP contribution is 2.38. The zero-order valence-corrected chi connectivity index (χ0v) is 24.7. The van der Waals surface area contributed by atoms with Gasteiger partial charge in [0.05, 0.1) is 22.1 Å². The Labute approximate surface area is 249 Å². The Morgan fingerprint density at radius 3 is 2.49 bits per heavy atom. The van der Waals surface area contributed by atoms with E-state index in [1.165, 1.54) is 30.3 Å². The van der Waals surface area contributed by atoms with Gasteiger partial charge in [-0.1, -0.05) is 11.6 Å². The van der Waals surface area contributed by atoms with Gasteiger partial charge in [-0.25, -0.2) is 18.4 Å². The van der Waals surface area contributed by atoms with Gasteiger partial charge < -0.3 is 25.2 Å². The molecule has 43 heavy (non-hydrogen) atoms. The topological polar surface area (TPSA) is 169 Å². The van der Waals surface area contributed by atoms with Crippen molar-refractivity contribution >= 4 is 56.1 Å². The second-order valence-corrected chi connectivity index (χ2v) is 12.4. The molecule has 1 fully saturated rings. The molecule has 0 spiro atoms. The van der Waals surface area contributed by atoms with Gasteiger partial charge in [-0.15, -0.1) is 0 Å². The van der Waals surface area contributed by atoms with E-state index in [0.717, 1.165) is 12.3 Å². The lowest BCUT2D eigenvalue weighted by Gasteiger charge is -2.22. The molecule has 2 N–H and O–H groups in total. The Morgan fingerprint density at radius 1 is 1.14 bits per heavy atom. The molecule has 0 radical (unpaired) electrons. The molecule has 0 unspecified atom stereocenters. The first-order chi connectivity index (χ1) is 20.2. The molecule has 14 nitrogen and oxygen atoms in total. The zero-order valence-electron chi connectivity index (χ0n) is 23.1. The van der Waals surface area contributed by atoms with Crippen LogP contribution in [0, 0.1) is 10.1 Å². The molecule has 0 aromatic carbocycles. The molecule has 0 atom stereocenters. The van der Waals surface area contributed by atoms with Crippen molar-refractivity contribution in [1.29, 1.82) is 0 Å². The van der Waals surface area contributed by atoms with Crippen LogP contribution >= 0.6 is 11.6 Å². The number of sulfone groups is 1. The van der Waals surface area contributed by atoms with Gasteiger partial charge in [0.2, 0.25) is 27.5 Å². The molecule has 1 saturated carbocycles. The largest absolute Gasteiger partial charge is 0.466 e. The summed E-state index contributed by atoms with van der Waals surface area (Å²) >= 11 is 6.25. The normalized spacial score (nSPS) is 13.6. The van der Waals surface area contributed by atoms with Gasteiger partial charge in [0.1, 0.15) is 10.7 Å². The third kappa shape index (κ3) is 8.08. The summed E-state index contributed by atoms with van der Waals surface area (Å²) in [5.41, 5.74) is -0.745. The Kier molecular flexibility index (Phi) is 9.41. The highest BCUT2D eigenvalue weighted by Gasteiger charge is 2.39. The number of pyridine rings is 2. The Balaban J connectivity index is 1.70. The van der Waals surface area contributed by atoms with Crippen molar-refractivity contribution in [2.24, 2.45) is 0 Å². The summed E-state index contributed by atoms with van der Waals surface area (Å²) in [6.07, 6.45) is -1.22. The average Bonchev–Trinajstić information content (AvgIpc) is 3.79. The maximum absolute atomic E-state index is 13.1. The van der Waals surface area contributed by atoms with E-state index >= 15 is 0 Å². The number of nitro groups is 1. The average molecular weight is 646 g/mol. The molecule has 4 rings (SSSR count). The van der Waals surface area contributed by atoms with Crippen LogP contribution < -0.4 is 20.3 Å². The molecule has 3 heterocycles. The molecule has 0 aliphatic heterocycles. The fourth-order valence-electron chi connectivity index (χ4n) is 3.71. The summed E-state index contributed by atoms with van der Waals surface area (Å²) in [6.45, 7) is -0.974. The van der Waals surface area contributed by atoms with Crippen LogP contribution in [0.3, 0.4) is 0 Å². The lowest BCUT2D eigenvalue weighted by Crippen LogP contribution is -2.29. The van der Waals surface area contributed by atoms with Crippen molar-refractivity contribution in [3.8, 4) is 5.88 Å². The van der Waals surface area contributed by atoms with E-state index in [0.29, 0.717) is 19.4 Å². The number of anilines is 5. The van der Waals surface area contributed by atoms with Crippen molar-refractivity contribution < 1.29 is 31.2 Å². The lowest BCUT2D eigenvalue weighted by atomic mass is 10.3. The second kappa shape index (κ2) is 12.7. The van der Waals surface area contributed by atoms with Gasteiger partial charge in [0.25, 0.3) is 0 Å². The predicted molar refractivity (Wildman–Crippen MR) is 152 cm³/mol. The fraction of sp³-hybridized carbons (Fsp3) is 0.417. The molecule has 0 saturated heterocycles. The van der Waals surface area contributed by atoms with Gasteiger partial charge in [0, 0.05) is 32.4 Å². The molecule has 1 aliphatic rings. The van der Waals surface area contributed by atoms with Crippen LogP contribution in [-0.4, -0.2) is 90.4 Å². The molecule has 232 valence electrons. The Morgan fingerprint density at radius 2 is 1.86 bits per heavy atom. The van der Waals surface area contributed by atoms with Crippen LogP contribution in [0.2, 0.25) is 5.02 Å². The van der Waals surface area contributed by atoms with E-state index in [1.807, 2.05) is 4.90 Å². The first kappa shape index (κ1) is 31.9. The lowest BCUT2D eigenvalue weighted by molar-refractivity contribution is -0.384. The van der Waals surface area contributed by atoms with Crippen LogP contribution in [0.25, 0.3) is 0 Å². The SMILES string of the molecule is CN(C)CCN(C)c1nc(OCC(F)(F)F)c(Nc2ncc(Cl)c(Nc3cccnc3S(=O)(=O)C3CC3)n2)cc1[N+](=O)[O-]. The number of aromatic nitrogens is 4. The van der Waals surface area contributed by atoms with Crippen molar-refractivity contribution in [3.05, 3.63) is 45.7 Å².